The van der Waals surface area contributed by atoms with Crippen molar-refractivity contribution < 1.29 is 4.74 Å². The smallest absolute Gasteiger partial charge is 0.119 e. The standard InChI is InChI=1S/C15H14Br2O/c16-15(17)10-12-6-8-14(9-7-12)18-11-13-4-2-1-3-5-13/h1-9,15H,10-11H2. The van der Waals surface area contributed by atoms with Crippen molar-refractivity contribution in [3.8, 4) is 5.75 Å². The highest BCUT2D eigenvalue weighted by Crippen LogP contribution is 2.19. The summed E-state index contributed by atoms with van der Waals surface area (Å²) < 4.78 is 6.05. The molecule has 0 spiro atoms. The van der Waals surface area contributed by atoms with Crippen molar-refractivity contribution in [1.29, 1.82) is 0 Å². The van der Waals surface area contributed by atoms with E-state index in [0.29, 0.717) is 10.3 Å². The first-order chi connectivity index (χ1) is 8.74. The molecular formula is C15H14Br2O. The molecule has 0 N–H and O–H groups in total. The van der Waals surface area contributed by atoms with Gasteiger partial charge in [0.15, 0.2) is 0 Å². The second-order valence-corrected chi connectivity index (χ2v) is 7.45. The first-order valence-electron chi connectivity index (χ1n) is 5.78. The molecule has 0 unspecified atom stereocenters. The van der Waals surface area contributed by atoms with Crippen LogP contribution in [-0.2, 0) is 13.0 Å². The van der Waals surface area contributed by atoms with Crippen molar-refractivity contribution in [2.45, 2.75) is 16.8 Å². The van der Waals surface area contributed by atoms with Gasteiger partial charge in [-0.3, -0.25) is 0 Å². The molecule has 1 nitrogen and oxygen atoms in total. The fourth-order valence-electron chi connectivity index (χ4n) is 1.64. The number of ether oxygens (including phenoxy) is 1. The largest absolute Gasteiger partial charge is 0.489 e. The van der Waals surface area contributed by atoms with E-state index < -0.39 is 0 Å². The van der Waals surface area contributed by atoms with Crippen LogP contribution in [0, 0.1) is 0 Å². The Kier molecular flexibility index (Phi) is 5.26. The van der Waals surface area contributed by atoms with Crippen LogP contribution in [0.5, 0.6) is 5.75 Å². The van der Waals surface area contributed by atoms with Gasteiger partial charge in [0, 0.05) is 0 Å². The van der Waals surface area contributed by atoms with Gasteiger partial charge in [0.2, 0.25) is 0 Å². The van der Waals surface area contributed by atoms with Crippen LogP contribution in [0.15, 0.2) is 54.6 Å². The lowest BCUT2D eigenvalue weighted by atomic mass is 10.2. The third-order valence-corrected chi connectivity index (χ3v) is 3.21. The van der Waals surface area contributed by atoms with Crippen LogP contribution in [0.2, 0.25) is 0 Å². The SMILES string of the molecule is BrC(Br)Cc1ccc(OCc2ccccc2)cc1. The van der Waals surface area contributed by atoms with Gasteiger partial charge >= 0.3 is 0 Å². The third kappa shape index (κ3) is 4.46. The molecule has 0 aromatic heterocycles. The normalized spacial score (nSPS) is 10.6. The summed E-state index contributed by atoms with van der Waals surface area (Å²) in [6.07, 6.45) is 0.957. The van der Waals surface area contributed by atoms with Gasteiger partial charge in [-0.1, -0.05) is 74.3 Å². The summed E-state index contributed by atoms with van der Waals surface area (Å²) >= 11 is 6.95. The van der Waals surface area contributed by atoms with Gasteiger partial charge in [-0.25, -0.2) is 0 Å². The fraction of sp³-hybridized carbons (Fsp3) is 0.200. The molecular weight excluding hydrogens is 356 g/mol. The highest BCUT2D eigenvalue weighted by molar-refractivity contribution is 9.24. The number of rotatable bonds is 5. The Hall–Kier alpha value is -0.800. The molecule has 0 radical (unpaired) electrons. The van der Waals surface area contributed by atoms with Crippen LogP contribution < -0.4 is 4.74 Å². The van der Waals surface area contributed by atoms with Gasteiger partial charge in [0.1, 0.15) is 12.4 Å². The quantitative estimate of drug-likeness (QED) is 0.679. The van der Waals surface area contributed by atoms with E-state index in [1.165, 1.54) is 11.1 Å². The number of hydrogen-bond donors (Lipinski definition) is 0. The van der Waals surface area contributed by atoms with E-state index in [1.54, 1.807) is 0 Å². The second-order valence-electron chi connectivity index (χ2n) is 4.01. The molecule has 2 aromatic rings. The van der Waals surface area contributed by atoms with E-state index in [9.17, 15) is 0 Å². The predicted octanol–water partition coefficient (Wildman–Crippen LogP) is 4.92. The first-order valence-corrected chi connectivity index (χ1v) is 7.61. The van der Waals surface area contributed by atoms with Crippen molar-refractivity contribution in [3.63, 3.8) is 0 Å². The second kappa shape index (κ2) is 6.95. The minimum atomic E-state index is 0.320. The molecule has 0 heterocycles. The number of hydrogen-bond acceptors (Lipinski definition) is 1. The maximum absolute atomic E-state index is 5.73. The monoisotopic (exact) mass is 368 g/mol. The first kappa shape index (κ1) is 13.6. The zero-order valence-electron chi connectivity index (χ0n) is 9.85. The number of halogens is 2. The lowest BCUT2D eigenvalue weighted by molar-refractivity contribution is 0.306. The van der Waals surface area contributed by atoms with Crippen LogP contribution in [0.1, 0.15) is 11.1 Å². The van der Waals surface area contributed by atoms with Crippen LogP contribution in [0.3, 0.4) is 0 Å². The maximum atomic E-state index is 5.73. The summed E-state index contributed by atoms with van der Waals surface area (Å²) in [4.78, 5) is 0. The molecule has 0 saturated carbocycles. The molecule has 0 aliphatic rings. The number of alkyl halides is 2. The Bertz CT molecular complexity index is 466. The molecule has 0 fully saturated rings. The zero-order chi connectivity index (χ0) is 12.8. The van der Waals surface area contributed by atoms with Crippen molar-refractivity contribution in [2.24, 2.45) is 0 Å². The van der Waals surface area contributed by atoms with Gasteiger partial charge in [0.25, 0.3) is 0 Å². The highest BCUT2D eigenvalue weighted by atomic mass is 79.9. The Morgan fingerprint density at radius 2 is 1.50 bits per heavy atom. The fourth-order valence-corrected chi connectivity index (χ4v) is 2.39. The zero-order valence-corrected chi connectivity index (χ0v) is 13.0. The molecule has 0 bridgehead atoms. The maximum Gasteiger partial charge on any atom is 0.119 e. The van der Waals surface area contributed by atoms with Gasteiger partial charge in [-0.05, 0) is 29.7 Å². The summed E-state index contributed by atoms with van der Waals surface area (Å²) in [5.74, 6) is 0.906. The molecule has 0 aliphatic carbocycles. The van der Waals surface area contributed by atoms with E-state index in [0.717, 1.165) is 12.2 Å². The molecule has 0 saturated heterocycles. The van der Waals surface area contributed by atoms with Crippen molar-refractivity contribution >= 4 is 31.9 Å². The Morgan fingerprint density at radius 1 is 0.833 bits per heavy atom. The molecule has 0 atom stereocenters. The topological polar surface area (TPSA) is 9.23 Å². The summed E-state index contributed by atoms with van der Waals surface area (Å²) in [7, 11) is 0. The summed E-state index contributed by atoms with van der Waals surface area (Å²) in [6, 6.07) is 18.4. The van der Waals surface area contributed by atoms with Crippen molar-refractivity contribution in [3.05, 3.63) is 65.7 Å². The summed E-state index contributed by atoms with van der Waals surface area (Å²) in [6.45, 7) is 0.611. The minimum Gasteiger partial charge on any atom is -0.489 e. The lowest BCUT2D eigenvalue weighted by Crippen LogP contribution is -1.96. The molecule has 0 aliphatic heterocycles. The minimum absolute atomic E-state index is 0.320. The van der Waals surface area contributed by atoms with Gasteiger partial charge < -0.3 is 4.74 Å². The Labute approximate surface area is 124 Å². The number of benzene rings is 2. The molecule has 94 valence electrons. The van der Waals surface area contributed by atoms with Gasteiger partial charge in [-0.15, -0.1) is 0 Å². The highest BCUT2D eigenvalue weighted by Gasteiger charge is 2.01. The van der Waals surface area contributed by atoms with E-state index in [1.807, 2.05) is 30.3 Å². The van der Waals surface area contributed by atoms with Gasteiger partial charge in [-0.2, -0.15) is 0 Å². The van der Waals surface area contributed by atoms with Crippen LogP contribution in [0.25, 0.3) is 0 Å². The molecule has 2 aromatic carbocycles. The molecule has 3 heteroatoms. The Balaban J connectivity index is 1.90. The molecule has 2 rings (SSSR count). The average Bonchev–Trinajstić information content (AvgIpc) is 2.38. The Morgan fingerprint density at radius 3 is 2.11 bits per heavy atom. The van der Waals surface area contributed by atoms with Gasteiger partial charge in [0.05, 0.1) is 3.74 Å². The van der Waals surface area contributed by atoms with Crippen LogP contribution >= 0.6 is 31.9 Å². The van der Waals surface area contributed by atoms with Crippen molar-refractivity contribution in [2.75, 3.05) is 0 Å². The van der Waals surface area contributed by atoms with E-state index >= 15 is 0 Å². The molecule has 0 amide bonds. The summed E-state index contributed by atoms with van der Waals surface area (Å²) in [5, 5.41) is 0. The van der Waals surface area contributed by atoms with Crippen molar-refractivity contribution in [1.82, 2.24) is 0 Å². The molecule has 18 heavy (non-hydrogen) atoms. The third-order valence-electron chi connectivity index (χ3n) is 2.56. The lowest BCUT2D eigenvalue weighted by Gasteiger charge is -2.07. The summed E-state index contributed by atoms with van der Waals surface area (Å²) in [5.41, 5.74) is 2.46. The van der Waals surface area contributed by atoms with E-state index in [-0.39, 0.29) is 0 Å². The van der Waals surface area contributed by atoms with Crippen LogP contribution in [0.4, 0.5) is 0 Å². The predicted molar refractivity (Wildman–Crippen MR) is 82.6 cm³/mol. The van der Waals surface area contributed by atoms with E-state index in [4.69, 9.17) is 4.74 Å². The van der Waals surface area contributed by atoms with E-state index in [2.05, 4.69) is 56.1 Å². The van der Waals surface area contributed by atoms with Crippen LogP contribution in [-0.4, -0.2) is 3.74 Å². The average molecular weight is 370 g/mol.